The molecule has 0 aliphatic carbocycles. The Morgan fingerprint density at radius 1 is 1.29 bits per heavy atom. The largest absolute Gasteiger partial charge is 0.462 e. The predicted octanol–water partition coefficient (Wildman–Crippen LogP) is 1.82. The number of rotatable bonds is 1. The van der Waals surface area contributed by atoms with Crippen LogP contribution in [0.4, 0.5) is 18.9 Å². The number of amides is 1. The van der Waals surface area contributed by atoms with E-state index >= 15 is 0 Å². The van der Waals surface area contributed by atoms with Gasteiger partial charge in [0.25, 0.3) is 0 Å². The highest BCUT2D eigenvalue weighted by Gasteiger charge is 2.30. The van der Waals surface area contributed by atoms with E-state index in [0.717, 1.165) is 25.3 Å². The minimum Gasteiger partial charge on any atom is -0.462 e. The summed E-state index contributed by atoms with van der Waals surface area (Å²) >= 11 is 0. The Morgan fingerprint density at radius 2 is 1.94 bits per heavy atom. The molecular weight excluding hydrogens is 239 g/mol. The first-order chi connectivity index (χ1) is 7.84. The minimum atomic E-state index is -4.51. The topological polar surface area (TPSA) is 55.4 Å². The third-order valence-corrected chi connectivity index (χ3v) is 1.82. The van der Waals surface area contributed by atoms with Crippen LogP contribution in [0, 0.1) is 0 Å². The Balaban J connectivity index is 2.87. The van der Waals surface area contributed by atoms with E-state index in [9.17, 15) is 22.8 Å². The van der Waals surface area contributed by atoms with Crippen molar-refractivity contribution in [2.45, 2.75) is 6.18 Å². The average molecular weight is 247 g/mol. The van der Waals surface area contributed by atoms with Crippen molar-refractivity contribution in [2.75, 3.05) is 12.4 Å². The standard InChI is InChI=1S/C10H8F3NO3/c1-17-9(16)8(15)14-7-4-2-3-6(5-7)10(11,12)13/h2-5H,1H3,(H,14,15). The molecule has 0 unspecified atom stereocenters. The fourth-order valence-electron chi connectivity index (χ4n) is 1.05. The molecule has 7 heteroatoms. The molecule has 92 valence electrons. The Labute approximate surface area is 94.4 Å². The predicted molar refractivity (Wildman–Crippen MR) is 52.1 cm³/mol. The number of alkyl halides is 3. The van der Waals surface area contributed by atoms with Crippen molar-refractivity contribution in [3.05, 3.63) is 29.8 Å². The molecule has 0 atom stereocenters. The molecule has 0 bridgehead atoms. The molecule has 0 aliphatic heterocycles. The van der Waals surface area contributed by atoms with Gasteiger partial charge in [-0.3, -0.25) is 4.79 Å². The van der Waals surface area contributed by atoms with Gasteiger partial charge in [0.15, 0.2) is 0 Å². The van der Waals surface area contributed by atoms with Crippen LogP contribution in [0.15, 0.2) is 24.3 Å². The summed E-state index contributed by atoms with van der Waals surface area (Å²) in [7, 11) is 0.994. The maximum Gasteiger partial charge on any atom is 0.416 e. The Hall–Kier alpha value is -2.05. The third-order valence-electron chi connectivity index (χ3n) is 1.82. The van der Waals surface area contributed by atoms with E-state index in [0.29, 0.717) is 0 Å². The summed E-state index contributed by atoms with van der Waals surface area (Å²) in [6, 6.07) is 3.93. The molecule has 4 nitrogen and oxygen atoms in total. The highest BCUT2D eigenvalue weighted by Crippen LogP contribution is 2.30. The molecule has 0 saturated carbocycles. The zero-order valence-corrected chi connectivity index (χ0v) is 8.67. The number of esters is 1. The van der Waals surface area contributed by atoms with Gasteiger partial charge in [0, 0.05) is 5.69 Å². The van der Waals surface area contributed by atoms with E-state index < -0.39 is 23.6 Å². The van der Waals surface area contributed by atoms with Crippen LogP contribution in [-0.4, -0.2) is 19.0 Å². The van der Waals surface area contributed by atoms with E-state index in [4.69, 9.17) is 0 Å². The fraction of sp³-hybridized carbons (Fsp3) is 0.200. The molecule has 1 rings (SSSR count). The Bertz CT molecular complexity index is 443. The molecule has 1 aromatic carbocycles. The Morgan fingerprint density at radius 3 is 2.47 bits per heavy atom. The molecule has 0 heterocycles. The van der Waals surface area contributed by atoms with Crippen LogP contribution in [0.3, 0.4) is 0 Å². The SMILES string of the molecule is COC(=O)C(=O)Nc1cccc(C(F)(F)F)c1. The van der Waals surface area contributed by atoms with Crippen LogP contribution in [0.1, 0.15) is 5.56 Å². The molecule has 1 N–H and O–H groups in total. The molecule has 0 fully saturated rings. The van der Waals surface area contributed by atoms with Gasteiger partial charge in [-0.25, -0.2) is 4.79 Å². The van der Waals surface area contributed by atoms with Gasteiger partial charge in [0.2, 0.25) is 0 Å². The second-order valence-electron chi connectivity index (χ2n) is 3.02. The van der Waals surface area contributed by atoms with Crippen LogP contribution in [-0.2, 0) is 20.5 Å². The van der Waals surface area contributed by atoms with Crippen molar-refractivity contribution in [3.8, 4) is 0 Å². The van der Waals surface area contributed by atoms with Gasteiger partial charge in [0.1, 0.15) is 0 Å². The maximum absolute atomic E-state index is 12.3. The van der Waals surface area contributed by atoms with Gasteiger partial charge in [0.05, 0.1) is 12.7 Å². The monoisotopic (exact) mass is 247 g/mol. The van der Waals surface area contributed by atoms with Crippen LogP contribution in [0.25, 0.3) is 0 Å². The molecule has 0 aromatic heterocycles. The molecule has 0 radical (unpaired) electrons. The molecule has 1 aromatic rings. The van der Waals surface area contributed by atoms with Gasteiger partial charge in [-0.1, -0.05) is 6.07 Å². The lowest BCUT2D eigenvalue weighted by molar-refractivity contribution is -0.150. The van der Waals surface area contributed by atoms with Crippen LogP contribution in [0.5, 0.6) is 0 Å². The van der Waals surface area contributed by atoms with Gasteiger partial charge in [-0.15, -0.1) is 0 Å². The van der Waals surface area contributed by atoms with Crippen molar-refractivity contribution in [3.63, 3.8) is 0 Å². The first kappa shape index (κ1) is 13.0. The van der Waals surface area contributed by atoms with Crippen LogP contribution >= 0.6 is 0 Å². The summed E-state index contributed by atoms with van der Waals surface area (Å²) < 4.78 is 41.1. The second kappa shape index (κ2) is 4.86. The van der Waals surface area contributed by atoms with Gasteiger partial charge >= 0.3 is 18.1 Å². The van der Waals surface area contributed by atoms with E-state index in [1.807, 2.05) is 5.32 Å². The number of nitrogens with one attached hydrogen (secondary N) is 1. The summed E-state index contributed by atoms with van der Waals surface area (Å²) in [4.78, 5) is 21.8. The van der Waals surface area contributed by atoms with Crippen molar-refractivity contribution >= 4 is 17.6 Å². The van der Waals surface area contributed by atoms with E-state index in [2.05, 4.69) is 4.74 Å². The Kier molecular flexibility index (Phi) is 3.72. The maximum atomic E-state index is 12.3. The summed E-state index contributed by atoms with van der Waals surface area (Å²) in [6.45, 7) is 0. The second-order valence-corrected chi connectivity index (χ2v) is 3.02. The number of carbonyl (C=O) groups excluding carboxylic acids is 2. The molecule has 1 amide bonds. The van der Waals surface area contributed by atoms with Gasteiger partial charge in [-0.2, -0.15) is 13.2 Å². The quantitative estimate of drug-likeness (QED) is 0.608. The molecule has 0 aliphatic rings. The lowest BCUT2D eigenvalue weighted by Crippen LogP contribution is -2.24. The average Bonchev–Trinajstić information content (AvgIpc) is 2.27. The summed E-state index contributed by atoms with van der Waals surface area (Å²) in [5.74, 6) is -2.31. The number of ether oxygens (including phenoxy) is 1. The smallest absolute Gasteiger partial charge is 0.416 e. The van der Waals surface area contributed by atoms with Gasteiger partial charge < -0.3 is 10.1 Å². The third kappa shape index (κ3) is 3.47. The fourth-order valence-corrected chi connectivity index (χ4v) is 1.05. The number of carbonyl (C=O) groups is 2. The van der Waals surface area contributed by atoms with E-state index in [-0.39, 0.29) is 5.69 Å². The normalized spacial score (nSPS) is 10.8. The lowest BCUT2D eigenvalue weighted by atomic mass is 10.2. The van der Waals surface area contributed by atoms with Crippen molar-refractivity contribution in [1.82, 2.24) is 0 Å². The summed E-state index contributed by atoms with van der Waals surface area (Å²) in [5.41, 5.74) is -1.05. The van der Waals surface area contributed by atoms with Crippen molar-refractivity contribution in [1.29, 1.82) is 0 Å². The lowest BCUT2D eigenvalue weighted by Gasteiger charge is -2.09. The molecular formula is C10H8F3NO3. The van der Waals surface area contributed by atoms with Crippen LogP contribution < -0.4 is 5.32 Å². The minimum absolute atomic E-state index is 0.129. The highest BCUT2D eigenvalue weighted by molar-refractivity contribution is 6.37. The summed E-state index contributed by atoms with van der Waals surface area (Å²) in [5, 5.41) is 1.99. The molecule has 0 spiro atoms. The molecule has 0 saturated heterocycles. The number of halogens is 3. The van der Waals surface area contributed by atoms with Crippen molar-refractivity contribution < 1.29 is 27.5 Å². The van der Waals surface area contributed by atoms with E-state index in [1.54, 1.807) is 0 Å². The number of benzene rings is 1. The summed E-state index contributed by atoms with van der Waals surface area (Å²) in [6.07, 6.45) is -4.51. The molecule has 17 heavy (non-hydrogen) atoms. The van der Waals surface area contributed by atoms with Gasteiger partial charge in [-0.05, 0) is 18.2 Å². The highest BCUT2D eigenvalue weighted by atomic mass is 19.4. The van der Waals surface area contributed by atoms with E-state index in [1.165, 1.54) is 6.07 Å². The van der Waals surface area contributed by atoms with Crippen LogP contribution in [0.2, 0.25) is 0 Å². The number of hydrogen-bond donors (Lipinski definition) is 1. The first-order valence-corrected chi connectivity index (χ1v) is 4.41. The zero-order chi connectivity index (χ0) is 13.1. The van der Waals surface area contributed by atoms with Crippen molar-refractivity contribution in [2.24, 2.45) is 0 Å². The number of hydrogen-bond acceptors (Lipinski definition) is 3. The zero-order valence-electron chi connectivity index (χ0n) is 8.67. The number of anilines is 1. The number of methoxy groups -OCH3 is 1. The first-order valence-electron chi connectivity index (χ1n) is 4.41.